The van der Waals surface area contributed by atoms with E-state index in [0.717, 1.165) is 74.9 Å². The number of ether oxygens (including phenoxy) is 1. The van der Waals surface area contributed by atoms with Crippen molar-refractivity contribution < 1.29 is 14.6 Å². The molecule has 3 saturated carbocycles. The summed E-state index contributed by atoms with van der Waals surface area (Å²) in [5.41, 5.74) is 5.98. The van der Waals surface area contributed by atoms with Crippen molar-refractivity contribution in [1.82, 2.24) is 4.37 Å². The fourth-order valence-electron chi connectivity index (χ4n) is 6.78. The topological polar surface area (TPSA) is 62.7 Å². The molecule has 0 spiro atoms. The molecule has 40 heavy (non-hydrogen) atoms. The van der Waals surface area contributed by atoms with Crippen molar-refractivity contribution in [2.24, 2.45) is 11.8 Å². The van der Waals surface area contributed by atoms with Crippen LogP contribution in [0.25, 0.3) is 10.4 Å². The van der Waals surface area contributed by atoms with Crippen LogP contribution in [0.4, 0.5) is 5.69 Å². The summed E-state index contributed by atoms with van der Waals surface area (Å²) in [4.78, 5) is 17.3. The van der Waals surface area contributed by atoms with Gasteiger partial charge in [0.25, 0.3) is 0 Å². The Morgan fingerprint density at radius 3 is 2.40 bits per heavy atom. The van der Waals surface area contributed by atoms with E-state index in [1.807, 2.05) is 0 Å². The minimum atomic E-state index is -0.260. The first kappa shape index (κ1) is 27.5. The summed E-state index contributed by atoms with van der Waals surface area (Å²) in [6, 6.07) is 17.4. The van der Waals surface area contributed by atoms with Crippen molar-refractivity contribution >= 4 is 23.1 Å². The lowest BCUT2D eigenvalue weighted by molar-refractivity contribution is -0.124. The monoisotopic (exact) mass is 558 g/mol. The van der Waals surface area contributed by atoms with Gasteiger partial charge in [0, 0.05) is 24.1 Å². The fourth-order valence-corrected chi connectivity index (χ4v) is 7.59. The first-order chi connectivity index (χ1) is 19.5. The normalized spacial score (nSPS) is 25.0. The predicted octanol–water partition coefficient (Wildman–Crippen LogP) is 7.86. The van der Waals surface area contributed by atoms with Gasteiger partial charge in [-0.25, -0.2) is 0 Å². The maximum atomic E-state index is 14.0. The minimum absolute atomic E-state index is 0.00413. The number of carbonyl (C=O) groups is 1. The number of benzene rings is 2. The summed E-state index contributed by atoms with van der Waals surface area (Å²) in [6.07, 6.45) is 9.80. The minimum Gasteiger partial charge on any atom is -0.496 e. The van der Waals surface area contributed by atoms with Gasteiger partial charge in [-0.2, -0.15) is 4.37 Å². The summed E-state index contributed by atoms with van der Waals surface area (Å²) >= 11 is 1.58. The molecular weight excluding hydrogens is 516 g/mol. The molecule has 1 amide bonds. The zero-order valence-corrected chi connectivity index (χ0v) is 24.7. The third-order valence-corrected chi connectivity index (χ3v) is 10.3. The van der Waals surface area contributed by atoms with Crippen molar-refractivity contribution in [1.29, 1.82) is 0 Å². The van der Waals surface area contributed by atoms with Gasteiger partial charge in [0.2, 0.25) is 5.91 Å². The van der Waals surface area contributed by atoms with E-state index in [-0.39, 0.29) is 17.9 Å². The lowest BCUT2D eigenvalue weighted by Gasteiger charge is -2.36. The molecule has 0 radical (unpaired) electrons. The second-order valence-corrected chi connectivity index (χ2v) is 13.1. The van der Waals surface area contributed by atoms with Gasteiger partial charge in [0.1, 0.15) is 5.75 Å². The SMILES string of the molecule is COc1ccc(C2CCC(CN(C(=O)C3CCC(O)CC3)c3cccc(-c4cc(C5CC5)ns4)c3)CC2)cc1C. The number of carbonyl (C=O) groups excluding carboxylic acids is 1. The van der Waals surface area contributed by atoms with Gasteiger partial charge in [-0.15, -0.1) is 0 Å². The standard InChI is InChI=1S/C34H42N2O3S/c1-22-18-27(14-17-32(22)39-2)24-8-6-23(7-9-24)21-36(34(38)26-12-15-30(37)16-13-26)29-5-3-4-28(19-29)33-20-31(35-40-33)25-10-11-25/h3-5,14,17-20,23-26,30,37H,6-13,15-16,21H2,1-2H3. The number of anilines is 1. The van der Waals surface area contributed by atoms with E-state index < -0.39 is 0 Å². The Bertz CT molecular complexity index is 1320. The zero-order valence-electron chi connectivity index (χ0n) is 23.9. The van der Waals surface area contributed by atoms with E-state index >= 15 is 0 Å². The molecule has 0 atom stereocenters. The van der Waals surface area contributed by atoms with Crippen LogP contribution in [0.1, 0.15) is 92.9 Å². The Labute approximate surface area is 242 Å². The lowest BCUT2D eigenvalue weighted by atomic mass is 9.78. The van der Waals surface area contributed by atoms with Crippen LogP contribution in [0.3, 0.4) is 0 Å². The Balaban J connectivity index is 1.19. The third kappa shape index (κ3) is 6.13. The van der Waals surface area contributed by atoms with Gasteiger partial charge < -0.3 is 14.7 Å². The molecule has 5 nitrogen and oxygen atoms in total. The molecule has 0 unspecified atom stereocenters. The molecule has 3 aliphatic rings. The molecule has 3 aliphatic carbocycles. The second kappa shape index (κ2) is 12.0. The Hall–Kier alpha value is -2.70. The first-order valence-corrected chi connectivity index (χ1v) is 16.0. The number of hydrogen-bond donors (Lipinski definition) is 1. The van der Waals surface area contributed by atoms with Gasteiger partial charge in [0.15, 0.2) is 0 Å². The third-order valence-electron chi connectivity index (χ3n) is 9.46. The van der Waals surface area contributed by atoms with Crippen LogP contribution in [0.2, 0.25) is 0 Å². The van der Waals surface area contributed by atoms with E-state index in [9.17, 15) is 9.90 Å². The molecule has 3 fully saturated rings. The van der Waals surface area contributed by atoms with Gasteiger partial charge >= 0.3 is 0 Å². The number of nitrogens with zero attached hydrogens (tertiary/aromatic N) is 2. The highest BCUT2D eigenvalue weighted by Gasteiger charge is 2.33. The van der Waals surface area contributed by atoms with E-state index in [1.165, 1.54) is 34.5 Å². The second-order valence-electron chi connectivity index (χ2n) is 12.3. The number of methoxy groups -OCH3 is 1. The molecule has 2 aromatic carbocycles. The summed E-state index contributed by atoms with van der Waals surface area (Å²) in [5.74, 6) is 2.88. The highest BCUT2D eigenvalue weighted by molar-refractivity contribution is 7.09. The van der Waals surface area contributed by atoms with Crippen molar-refractivity contribution in [2.75, 3.05) is 18.6 Å². The molecule has 0 bridgehead atoms. The van der Waals surface area contributed by atoms with Crippen LogP contribution < -0.4 is 9.64 Å². The van der Waals surface area contributed by atoms with Crippen LogP contribution in [0, 0.1) is 18.8 Å². The number of amides is 1. The average molecular weight is 559 g/mol. The van der Waals surface area contributed by atoms with Crippen LogP contribution in [-0.2, 0) is 4.79 Å². The zero-order chi connectivity index (χ0) is 27.6. The molecule has 0 saturated heterocycles. The number of hydrogen-bond acceptors (Lipinski definition) is 5. The van der Waals surface area contributed by atoms with Crippen LogP contribution >= 0.6 is 11.5 Å². The average Bonchev–Trinajstić information content (AvgIpc) is 3.72. The van der Waals surface area contributed by atoms with Crippen LogP contribution in [0.15, 0.2) is 48.5 Å². The smallest absolute Gasteiger partial charge is 0.230 e. The highest BCUT2D eigenvalue weighted by atomic mass is 32.1. The van der Waals surface area contributed by atoms with Gasteiger partial charge in [-0.3, -0.25) is 4.79 Å². The Morgan fingerprint density at radius 1 is 0.950 bits per heavy atom. The number of aryl methyl sites for hydroxylation is 1. The molecule has 1 aromatic heterocycles. The maximum Gasteiger partial charge on any atom is 0.230 e. The molecule has 1 heterocycles. The highest BCUT2D eigenvalue weighted by Crippen LogP contribution is 2.43. The van der Waals surface area contributed by atoms with Crippen molar-refractivity contribution in [3.8, 4) is 16.2 Å². The lowest BCUT2D eigenvalue weighted by Crippen LogP contribution is -2.41. The van der Waals surface area contributed by atoms with Crippen molar-refractivity contribution in [2.45, 2.75) is 89.1 Å². The molecule has 6 rings (SSSR count). The quantitative estimate of drug-likeness (QED) is 0.306. The molecular formula is C34H42N2O3S. The van der Waals surface area contributed by atoms with Crippen LogP contribution in [-0.4, -0.2) is 35.1 Å². The van der Waals surface area contributed by atoms with Crippen molar-refractivity contribution in [3.63, 3.8) is 0 Å². The largest absolute Gasteiger partial charge is 0.496 e. The first-order valence-electron chi connectivity index (χ1n) is 15.2. The number of aromatic nitrogens is 1. The van der Waals surface area contributed by atoms with Crippen LogP contribution in [0.5, 0.6) is 5.75 Å². The Morgan fingerprint density at radius 2 is 1.70 bits per heavy atom. The van der Waals surface area contributed by atoms with E-state index in [2.05, 4.69) is 60.4 Å². The number of aliphatic hydroxyl groups is 1. The summed E-state index contributed by atoms with van der Waals surface area (Å²) < 4.78 is 10.2. The molecule has 212 valence electrons. The summed E-state index contributed by atoms with van der Waals surface area (Å²) in [6.45, 7) is 2.89. The number of rotatable bonds is 8. The van der Waals surface area contributed by atoms with Gasteiger partial charge in [-0.1, -0.05) is 24.3 Å². The van der Waals surface area contributed by atoms with E-state index in [1.54, 1.807) is 18.6 Å². The van der Waals surface area contributed by atoms with Gasteiger partial charge in [-0.05, 0) is 135 Å². The van der Waals surface area contributed by atoms with Crippen molar-refractivity contribution in [3.05, 3.63) is 65.4 Å². The Kier molecular flexibility index (Phi) is 8.27. The molecule has 0 aliphatic heterocycles. The summed E-state index contributed by atoms with van der Waals surface area (Å²) in [7, 11) is 1.73. The number of aliphatic hydroxyl groups excluding tert-OH is 1. The van der Waals surface area contributed by atoms with Gasteiger partial charge in [0.05, 0.1) is 23.8 Å². The van der Waals surface area contributed by atoms with E-state index in [0.29, 0.717) is 17.8 Å². The fraction of sp³-hybridized carbons (Fsp3) is 0.529. The summed E-state index contributed by atoms with van der Waals surface area (Å²) in [5, 5.41) is 10.1. The molecule has 3 aromatic rings. The molecule has 6 heteroatoms. The predicted molar refractivity (Wildman–Crippen MR) is 162 cm³/mol. The molecule has 1 N–H and O–H groups in total. The maximum absolute atomic E-state index is 14.0. The van der Waals surface area contributed by atoms with E-state index in [4.69, 9.17) is 9.11 Å².